The summed E-state index contributed by atoms with van der Waals surface area (Å²) in [6.07, 6.45) is -4.61. The van der Waals surface area contributed by atoms with Gasteiger partial charge in [0.25, 0.3) is 0 Å². The van der Waals surface area contributed by atoms with Crippen LogP contribution in [0.15, 0.2) is 36.4 Å². The number of nitrogens with one attached hydrogen (secondary N) is 2. The van der Waals surface area contributed by atoms with Crippen molar-refractivity contribution in [3.05, 3.63) is 52.5 Å². The molecule has 3 rings (SSSR count). The molecule has 0 fully saturated rings. The van der Waals surface area contributed by atoms with Crippen LogP contribution in [0, 0.1) is 0 Å². The first kappa shape index (κ1) is 19.8. The molecule has 1 heterocycles. The Bertz CT molecular complexity index is 934. The highest BCUT2D eigenvalue weighted by atomic mass is 35.5. The lowest BCUT2D eigenvalue weighted by molar-refractivity contribution is -0.137. The molecule has 28 heavy (non-hydrogen) atoms. The minimum atomic E-state index is -4.61. The standard InChI is InChI=1S/C18H14ClF3N2O4/c1-9(10-2-5-14-15(6-10)28-8-27-14)23-16(25)17(26)24-13-7-11(18(20,21)22)3-4-12(13)19/h2-7,9H,8H2,1H3,(H,23,25)(H,24,26)/t9-/m1/s1. The number of alkyl halides is 3. The molecule has 1 aliphatic rings. The van der Waals surface area contributed by atoms with E-state index in [0.717, 1.165) is 12.1 Å². The molecule has 0 saturated carbocycles. The minimum Gasteiger partial charge on any atom is -0.454 e. The van der Waals surface area contributed by atoms with E-state index >= 15 is 0 Å². The normalized spacial score (nSPS) is 13.8. The maximum Gasteiger partial charge on any atom is 0.416 e. The summed E-state index contributed by atoms with van der Waals surface area (Å²) in [6.45, 7) is 1.74. The third-order valence-electron chi connectivity index (χ3n) is 3.99. The maximum atomic E-state index is 12.8. The van der Waals surface area contributed by atoms with Gasteiger partial charge in [0.05, 0.1) is 22.3 Å². The number of anilines is 1. The highest BCUT2D eigenvalue weighted by Gasteiger charge is 2.31. The average molecular weight is 415 g/mol. The summed E-state index contributed by atoms with van der Waals surface area (Å²) < 4.78 is 48.8. The number of carbonyl (C=O) groups is 2. The fourth-order valence-electron chi connectivity index (χ4n) is 2.50. The van der Waals surface area contributed by atoms with E-state index in [9.17, 15) is 22.8 Å². The van der Waals surface area contributed by atoms with Gasteiger partial charge in [-0.15, -0.1) is 0 Å². The number of carbonyl (C=O) groups excluding carboxylic acids is 2. The molecule has 2 aromatic carbocycles. The smallest absolute Gasteiger partial charge is 0.416 e. The van der Waals surface area contributed by atoms with Gasteiger partial charge in [0, 0.05) is 0 Å². The van der Waals surface area contributed by atoms with Gasteiger partial charge in [-0.3, -0.25) is 9.59 Å². The Morgan fingerprint density at radius 1 is 1.07 bits per heavy atom. The molecule has 0 spiro atoms. The number of ether oxygens (including phenoxy) is 2. The van der Waals surface area contributed by atoms with Crippen molar-refractivity contribution in [2.45, 2.75) is 19.1 Å². The zero-order chi connectivity index (χ0) is 20.5. The first-order chi connectivity index (χ1) is 13.1. The Kier molecular flexibility index (Phi) is 5.37. The molecule has 0 saturated heterocycles. The lowest BCUT2D eigenvalue weighted by Gasteiger charge is -2.15. The minimum absolute atomic E-state index is 0.0969. The van der Waals surface area contributed by atoms with E-state index in [1.165, 1.54) is 0 Å². The van der Waals surface area contributed by atoms with Gasteiger partial charge in [-0.2, -0.15) is 13.2 Å². The number of benzene rings is 2. The second-order valence-corrected chi connectivity index (χ2v) is 6.36. The van der Waals surface area contributed by atoms with Gasteiger partial charge in [-0.25, -0.2) is 0 Å². The number of hydrogen-bond donors (Lipinski definition) is 2. The summed E-state index contributed by atoms with van der Waals surface area (Å²) in [5.41, 5.74) is -0.656. The van der Waals surface area contributed by atoms with Gasteiger partial charge in [0.15, 0.2) is 11.5 Å². The summed E-state index contributed by atoms with van der Waals surface area (Å²) in [4.78, 5) is 24.2. The quantitative estimate of drug-likeness (QED) is 0.747. The van der Waals surface area contributed by atoms with E-state index in [1.807, 2.05) is 0 Å². The summed E-state index contributed by atoms with van der Waals surface area (Å²) in [5, 5.41) is 4.43. The Labute approximate surface area is 162 Å². The first-order valence-corrected chi connectivity index (χ1v) is 8.41. The van der Waals surface area contributed by atoms with E-state index in [0.29, 0.717) is 23.1 Å². The molecule has 1 atom stereocenters. The lowest BCUT2D eigenvalue weighted by Crippen LogP contribution is -2.37. The summed E-state index contributed by atoms with van der Waals surface area (Å²) >= 11 is 5.81. The van der Waals surface area contributed by atoms with Gasteiger partial charge in [0.2, 0.25) is 6.79 Å². The van der Waals surface area contributed by atoms with Crippen LogP contribution < -0.4 is 20.1 Å². The predicted octanol–water partition coefficient (Wildman–Crippen LogP) is 3.90. The summed E-state index contributed by atoms with van der Waals surface area (Å²) in [7, 11) is 0. The monoisotopic (exact) mass is 414 g/mol. The van der Waals surface area contributed by atoms with E-state index in [1.54, 1.807) is 25.1 Å². The Morgan fingerprint density at radius 2 is 1.79 bits per heavy atom. The molecule has 0 aliphatic carbocycles. The fraction of sp³-hybridized carbons (Fsp3) is 0.222. The van der Waals surface area contributed by atoms with Crippen molar-refractivity contribution in [2.24, 2.45) is 0 Å². The fourth-order valence-corrected chi connectivity index (χ4v) is 2.67. The second-order valence-electron chi connectivity index (χ2n) is 5.95. The van der Waals surface area contributed by atoms with Crippen molar-refractivity contribution >= 4 is 29.1 Å². The number of fused-ring (bicyclic) bond motifs is 1. The van der Waals surface area contributed by atoms with Crippen molar-refractivity contribution in [3.8, 4) is 11.5 Å². The third kappa shape index (κ3) is 4.30. The van der Waals surface area contributed by atoms with Crippen LogP contribution in [0.25, 0.3) is 0 Å². The average Bonchev–Trinajstić information content (AvgIpc) is 3.10. The molecule has 1 aliphatic heterocycles. The third-order valence-corrected chi connectivity index (χ3v) is 4.32. The molecular formula is C18H14ClF3N2O4. The molecule has 2 aromatic rings. The number of rotatable bonds is 3. The van der Waals surface area contributed by atoms with Crippen molar-refractivity contribution < 1.29 is 32.2 Å². The van der Waals surface area contributed by atoms with Crippen molar-refractivity contribution in [1.29, 1.82) is 0 Å². The second kappa shape index (κ2) is 7.59. The van der Waals surface area contributed by atoms with Gasteiger partial charge in [0.1, 0.15) is 0 Å². The largest absolute Gasteiger partial charge is 0.454 e. The number of hydrogen-bond acceptors (Lipinski definition) is 4. The highest BCUT2D eigenvalue weighted by Crippen LogP contribution is 2.35. The van der Waals surface area contributed by atoms with Crippen LogP contribution in [-0.2, 0) is 15.8 Å². The highest BCUT2D eigenvalue weighted by molar-refractivity contribution is 6.41. The zero-order valence-electron chi connectivity index (χ0n) is 14.4. The number of amides is 2. The van der Waals surface area contributed by atoms with Gasteiger partial charge in [-0.1, -0.05) is 17.7 Å². The molecule has 0 unspecified atom stereocenters. The first-order valence-electron chi connectivity index (χ1n) is 8.03. The molecule has 148 valence electrons. The Balaban J connectivity index is 1.67. The summed E-state index contributed by atoms with van der Waals surface area (Å²) in [5.74, 6) is -1.09. The topological polar surface area (TPSA) is 76.7 Å². The van der Waals surface area contributed by atoms with Crippen LogP contribution in [0.4, 0.5) is 18.9 Å². The zero-order valence-corrected chi connectivity index (χ0v) is 15.1. The molecule has 0 bridgehead atoms. The Hall–Kier alpha value is -2.94. The molecule has 6 nitrogen and oxygen atoms in total. The predicted molar refractivity (Wildman–Crippen MR) is 94.2 cm³/mol. The van der Waals surface area contributed by atoms with Crippen LogP contribution in [0.3, 0.4) is 0 Å². The molecule has 0 aromatic heterocycles. The van der Waals surface area contributed by atoms with Crippen molar-refractivity contribution in [2.75, 3.05) is 12.1 Å². The van der Waals surface area contributed by atoms with Gasteiger partial charge >= 0.3 is 18.0 Å². The molecular weight excluding hydrogens is 401 g/mol. The van der Waals surface area contributed by atoms with Gasteiger partial charge < -0.3 is 20.1 Å². The molecule has 2 amide bonds. The van der Waals surface area contributed by atoms with E-state index in [4.69, 9.17) is 21.1 Å². The van der Waals surface area contributed by atoms with E-state index < -0.39 is 29.6 Å². The molecule has 0 radical (unpaired) electrons. The molecule has 2 N–H and O–H groups in total. The van der Waals surface area contributed by atoms with Gasteiger partial charge in [-0.05, 0) is 42.8 Å². The van der Waals surface area contributed by atoms with E-state index in [-0.39, 0.29) is 17.5 Å². The van der Waals surface area contributed by atoms with Crippen LogP contribution in [0.5, 0.6) is 11.5 Å². The van der Waals surface area contributed by atoms with E-state index in [2.05, 4.69) is 10.6 Å². The van der Waals surface area contributed by atoms with Crippen LogP contribution in [-0.4, -0.2) is 18.6 Å². The lowest BCUT2D eigenvalue weighted by atomic mass is 10.1. The van der Waals surface area contributed by atoms with Crippen LogP contribution in [0.2, 0.25) is 5.02 Å². The molecule has 10 heteroatoms. The van der Waals surface area contributed by atoms with Crippen molar-refractivity contribution in [3.63, 3.8) is 0 Å². The number of halogens is 4. The van der Waals surface area contributed by atoms with Crippen LogP contribution in [0.1, 0.15) is 24.1 Å². The van der Waals surface area contributed by atoms with Crippen molar-refractivity contribution in [1.82, 2.24) is 5.32 Å². The Morgan fingerprint density at radius 3 is 2.50 bits per heavy atom. The SMILES string of the molecule is C[C@@H](NC(=O)C(=O)Nc1cc(C(F)(F)F)ccc1Cl)c1ccc2c(c1)OCO2. The van der Waals surface area contributed by atoms with Crippen LogP contribution >= 0.6 is 11.6 Å². The summed E-state index contributed by atoms with van der Waals surface area (Å²) in [6, 6.07) is 6.89. The maximum absolute atomic E-state index is 12.8.